The summed E-state index contributed by atoms with van der Waals surface area (Å²) in [7, 11) is 2.77. The third-order valence-corrected chi connectivity index (χ3v) is 3.44. The number of methoxy groups -OCH3 is 2. The molecule has 0 saturated heterocycles. The number of hydrogen-bond donors (Lipinski definition) is 1. The number of esters is 1. The van der Waals surface area contributed by atoms with Crippen LogP contribution in [0.1, 0.15) is 16.1 Å². The van der Waals surface area contributed by atoms with Crippen molar-refractivity contribution in [3.8, 4) is 17.0 Å². The average Bonchev–Trinajstić information content (AvgIpc) is 2.92. The van der Waals surface area contributed by atoms with Crippen LogP contribution in [0.2, 0.25) is 0 Å². The van der Waals surface area contributed by atoms with Crippen molar-refractivity contribution in [3.63, 3.8) is 0 Å². The normalized spacial score (nSPS) is 10.7. The van der Waals surface area contributed by atoms with Crippen LogP contribution in [0.3, 0.4) is 0 Å². The monoisotopic (exact) mass is 313 g/mol. The zero-order valence-corrected chi connectivity index (χ0v) is 12.9. The summed E-state index contributed by atoms with van der Waals surface area (Å²) in [6.45, 7) is 1.83. The highest BCUT2D eigenvalue weighted by Crippen LogP contribution is 2.28. The molecule has 0 unspecified atom stereocenters. The van der Waals surface area contributed by atoms with Gasteiger partial charge in [-0.1, -0.05) is 0 Å². The molecule has 0 spiro atoms. The third kappa shape index (κ3) is 2.54. The van der Waals surface area contributed by atoms with Gasteiger partial charge in [0.25, 0.3) is 0 Å². The molecule has 3 rings (SSSR count). The maximum Gasteiger partial charge on any atom is 0.343 e. The van der Waals surface area contributed by atoms with E-state index >= 15 is 0 Å². The number of carbonyl (C=O) groups excluding carboxylic acids is 1. The number of rotatable bonds is 3. The van der Waals surface area contributed by atoms with Gasteiger partial charge in [-0.15, -0.1) is 5.10 Å². The Labute approximate surface area is 131 Å². The molecule has 0 aromatic carbocycles. The second-order valence-electron chi connectivity index (χ2n) is 4.86. The predicted molar refractivity (Wildman–Crippen MR) is 83.3 cm³/mol. The molecule has 2 N–H and O–H groups in total. The van der Waals surface area contributed by atoms with Crippen LogP contribution in [-0.2, 0) is 4.74 Å². The smallest absolute Gasteiger partial charge is 0.343 e. The Morgan fingerprint density at radius 2 is 2.04 bits per heavy atom. The van der Waals surface area contributed by atoms with Gasteiger partial charge >= 0.3 is 5.97 Å². The Morgan fingerprint density at radius 1 is 1.26 bits per heavy atom. The van der Waals surface area contributed by atoms with Crippen LogP contribution in [0, 0.1) is 6.92 Å². The molecule has 0 fully saturated rings. The van der Waals surface area contributed by atoms with Crippen LogP contribution in [0.15, 0.2) is 24.4 Å². The molecule has 0 aliphatic heterocycles. The number of ether oxygens (including phenoxy) is 2. The van der Waals surface area contributed by atoms with Crippen LogP contribution in [0.5, 0.6) is 5.88 Å². The molecule has 3 aromatic heterocycles. The number of aryl methyl sites for hydroxylation is 1. The number of nitrogen functional groups attached to an aromatic ring is 1. The SMILES string of the molecule is COC(=O)c1cc(-c2ccn3nc(N)nc3c2)c(C)nc1OC. The molecular weight excluding hydrogens is 298 g/mol. The number of hydrogen-bond acceptors (Lipinski definition) is 7. The Hall–Kier alpha value is -3.16. The van der Waals surface area contributed by atoms with Crippen molar-refractivity contribution in [2.45, 2.75) is 6.92 Å². The maximum atomic E-state index is 11.9. The van der Waals surface area contributed by atoms with E-state index in [1.165, 1.54) is 14.2 Å². The van der Waals surface area contributed by atoms with Gasteiger partial charge in [-0.05, 0) is 30.7 Å². The van der Waals surface area contributed by atoms with Gasteiger partial charge in [0.1, 0.15) is 5.56 Å². The third-order valence-electron chi connectivity index (χ3n) is 3.44. The van der Waals surface area contributed by atoms with Gasteiger partial charge in [0.2, 0.25) is 11.8 Å². The minimum atomic E-state index is -0.511. The van der Waals surface area contributed by atoms with Crippen molar-refractivity contribution in [3.05, 3.63) is 35.7 Å². The molecule has 0 amide bonds. The molecule has 0 aliphatic rings. The Balaban J connectivity index is 2.18. The average molecular weight is 313 g/mol. The summed E-state index contributed by atoms with van der Waals surface area (Å²) >= 11 is 0. The number of anilines is 1. The first kappa shape index (κ1) is 14.8. The highest BCUT2D eigenvalue weighted by atomic mass is 16.5. The molecule has 3 heterocycles. The summed E-state index contributed by atoms with van der Waals surface area (Å²) < 4.78 is 11.5. The summed E-state index contributed by atoms with van der Waals surface area (Å²) in [6.07, 6.45) is 1.75. The Morgan fingerprint density at radius 3 is 2.74 bits per heavy atom. The maximum absolute atomic E-state index is 11.9. The van der Waals surface area contributed by atoms with Crippen molar-refractivity contribution in [2.24, 2.45) is 0 Å². The first-order chi connectivity index (χ1) is 11.0. The minimum absolute atomic E-state index is 0.196. The van der Waals surface area contributed by atoms with E-state index in [4.69, 9.17) is 15.2 Å². The number of pyridine rings is 2. The summed E-state index contributed by atoms with van der Waals surface area (Å²) in [5.74, 6) is -0.0868. The van der Waals surface area contributed by atoms with Gasteiger partial charge in [0.05, 0.1) is 14.2 Å². The second kappa shape index (κ2) is 5.56. The molecule has 3 aromatic rings. The van der Waals surface area contributed by atoms with Crippen molar-refractivity contribution in [1.29, 1.82) is 0 Å². The fourth-order valence-electron chi connectivity index (χ4n) is 2.35. The number of aromatic nitrogens is 4. The van der Waals surface area contributed by atoms with E-state index < -0.39 is 5.97 Å². The van der Waals surface area contributed by atoms with Crippen LogP contribution < -0.4 is 10.5 Å². The molecule has 23 heavy (non-hydrogen) atoms. The van der Waals surface area contributed by atoms with Crippen molar-refractivity contribution in [1.82, 2.24) is 19.6 Å². The molecule has 0 atom stereocenters. The number of carbonyl (C=O) groups is 1. The van der Waals surface area contributed by atoms with Gasteiger partial charge in [-0.3, -0.25) is 0 Å². The highest BCUT2D eigenvalue weighted by Gasteiger charge is 2.18. The quantitative estimate of drug-likeness (QED) is 0.730. The minimum Gasteiger partial charge on any atom is -0.480 e. The van der Waals surface area contributed by atoms with Gasteiger partial charge in [0.15, 0.2) is 5.65 Å². The van der Waals surface area contributed by atoms with Crippen molar-refractivity contribution in [2.75, 3.05) is 20.0 Å². The lowest BCUT2D eigenvalue weighted by molar-refractivity contribution is 0.0596. The standard InChI is InChI=1S/C15H15N5O3/c1-8-10(7-11(14(21)23-3)13(17-8)22-2)9-4-5-20-12(6-9)18-15(16)19-20/h4-7H,1-3H3,(H2,16,19). The second-order valence-corrected chi connectivity index (χ2v) is 4.86. The molecule has 0 bridgehead atoms. The van der Waals surface area contributed by atoms with E-state index in [0.29, 0.717) is 11.3 Å². The van der Waals surface area contributed by atoms with E-state index in [9.17, 15) is 4.79 Å². The van der Waals surface area contributed by atoms with Crippen molar-refractivity contribution >= 4 is 17.6 Å². The lowest BCUT2D eigenvalue weighted by atomic mass is 10.0. The molecule has 8 heteroatoms. The lowest BCUT2D eigenvalue weighted by Crippen LogP contribution is -2.07. The van der Waals surface area contributed by atoms with Gasteiger partial charge in [-0.2, -0.15) is 4.98 Å². The van der Waals surface area contributed by atoms with Crippen LogP contribution in [0.4, 0.5) is 5.95 Å². The largest absolute Gasteiger partial charge is 0.480 e. The number of nitrogens with two attached hydrogens (primary N) is 1. The summed E-state index contributed by atoms with van der Waals surface area (Å²) in [6, 6.07) is 5.36. The van der Waals surface area contributed by atoms with Crippen LogP contribution in [-0.4, -0.2) is 39.8 Å². The first-order valence-electron chi connectivity index (χ1n) is 6.79. The topological polar surface area (TPSA) is 105 Å². The number of fused-ring (bicyclic) bond motifs is 1. The Bertz CT molecular complexity index is 904. The van der Waals surface area contributed by atoms with Crippen LogP contribution in [0.25, 0.3) is 16.8 Å². The molecule has 118 valence electrons. The molecule has 0 radical (unpaired) electrons. The molecule has 0 aliphatic carbocycles. The Kier molecular flexibility index (Phi) is 3.57. The molecule has 8 nitrogen and oxygen atoms in total. The van der Waals surface area contributed by atoms with E-state index in [2.05, 4.69) is 15.1 Å². The van der Waals surface area contributed by atoms with E-state index in [1.54, 1.807) is 16.8 Å². The predicted octanol–water partition coefficient (Wildman–Crippen LogP) is 1.48. The summed E-state index contributed by atoms with van der Waals surface area (Å²) in [5, 5.41) is 4.03. The zero-order chi connectivity index (χ0) is 16.6. The number of nitrogens with zero attached hydrogens (tertiary/aromatic N) is 4. The molecule has 0 saturated carbocycles. The van der Waals surface area contributed by atoms with Gasteiger partial charge in [0, 0.05) is 17.5 Å². The highest BCUT2D eigenvalue weighted by molar-refractivity contribution is 5.93. The van der Waals surface area contributed by atoms with Gasteiger partial charge < -0.3 is 15.2 Å². The van der Waals surface area contributed by atoms with Gasteiger partial charge in [-0.25, -0.2) is 14.3 Å². The molecular formula is C15H15N5O3. The fourth-order valence-corrected chi connectivity index (χ4v) is 2.35. The van der Waals surface area contributed by atoms with E-state index in [-0.39, 0.29) is 17.4 Å². The summed E-state index contributed by atoms with van der Waals surface area (Å²) in [5.41, 5.74) is 8.79. The zero-order valence-electron chi connectivity index (χ0n) is 12.9. The van der Waals surface area contributed by atoms with E-state index in [1.807, 2.05) is 19.1 Å². The lowest BCUT2D eigenvalue weighted by Gasteiger charge is -2.11. The van der Waals surface area contributed by atoms with Crippen LogP contribution >= 0.6 is 0 Å². The van der Waals surface area contributed by atoms with E-state index in [0.717, 1.165) is 11.1 Å². The first-order valence-corrected chi connectivity index (χ1v) is 6.79. The fraction of sp³-hybridized carbons (Fsp3) is 0.200. The van der Waals surface area contributed by atoms with Crippen molar-refractivity contribution < 1.29 is 14.3 Å². The summed E-state index contributed by atoms with van der Waals surface area (Å²) in [4.78, 5) is 20.4.